The lowest BCUT2D eigenvalue weighted by atomic mass is 10.1. The van der Waals surface area contributed by atoms with Crippen LogP contribution in [-0.4, -0.2) is 30.8 Å². The largest absolute Gasteiger partial charge is 0.377 e. The monoisotopic (exact) mass is 265 g/mol. The average molecular weight is 266 g/mol. The summed E-state index contributed by atoms with van der Waals surface area (Å²) in [5, 5.41) is 9.33. The van der Waals surface area contributed by atoms with Gasteiger partial charge in [0.1, 0.15) is 11.9 Å². The smallest absolute Gasteiger partial charge is 0.147 e. The van der Waals surface area contributed by atoms with Gasteiger partial charge in [-0.1, -0.05) is 11.6 Å². The number of hydrogen-bond acceptors (Lipinski definition) is 4. The van der Waals surface area contributed by atoms with Crippen molar-refractivity contribution < 1.29 is 4.74 Å². The van der Waals surface area contributed by atoms with Crippen molar-refractivity contribution >= 4 is 17.4 Å². The van der Waals surface area contributed by atoms with Gasteiger partial charge in [-0.05, 0) is 25.8 Å². The Balaban J connectivity index is 2.13. The summed E-state index contributed by atoms with van der Waals surface area (Å²) in [6, 6.07) is 3.70. The van der Waals surface area contributed by atoms with Crippen LogP contribution in [0.15, 0.2) is 12.3 Å². The van der Waals surface area contributed by atoms with Gasteiger partial charge in [-0.25, -0.2) is 4.98 Å². The predicted octanol–water partition coefficient (Wildman–Crippen LogP) is 2.61. The van der Waals surface area contributed by atoms with Crippen LogP contribution in [0.2, 0.25) is 5.02 Å². The highest BCUT2D eigenvalue weighted by Crippen LogP contribution is 2.27. The molecule has 5 heteroatoms. The van der Waals surface area contributed by atoms with Gasteiger partial charge in [0.25, 0.3) is 0 Å². The summed E-state index contributed by atoms with van der Waals surface area (Å²) in [5.74, 6) is 0.750. The van der Waals surface area contributed by atoms with Crippen LogP contribution in [0.3, 0.4) is 0 Å². The molecule has 0 spiro atoms. The molecule has 2 heterocycles. The number of ether oxygens (including phenoxy) is 1. The van der Waals surface area contributed by atoms with E-state index in [9.17, 15) is 0 Å². The first-order valence-electron chi connectivity index (χ1n) is 6.16. The van der Waals surface area contributed by atoms with Gasteiger partial charge in [-0.15, -0.1) is 0 Å². The average Bonchev–Trinajstić information content (AvgIpc) is 2.39. The van der Waals surface area contributed by atoms with Crippen molar-refractivity contribution in [2.24, 2.45) is 0 Å². The van der Waals surface area contributed by atoms with Crippen molar-refractivity contribution in [2.45, 2.75) is 25.9 Å². The second-order valence-corrected chi connectivity index (χ2v) is 4.71. The van der Waals surface area contributed by atoms with E-state index in [2.05, 4.69) is 9.88 Å². The Morgan fingerprint density at radius 1 is 1.67 bits per heavy atom. The second kappa shape index (κ2) is 6.03. The molecule has 4 nitrogen and oxygen atoms in total. The Kier molecular flexibility index (Phi) is 4.40. The van der Waals surface area contributed by atoms with Crippen molar-refractivity contribution in [1.29, 1.82) is 5.26 Å². The van der Waals surface area contributed by atoms with Crippen LogP contribution < -0.4 is 4.90 Å². The van der Waals surface area contributed by atoms with E-state index in [1.165, 1.54) is 0 Å². The van der Waals surface area contributed by atoms with Gasteiger partial charge in [0.15, 0.2) is 0 Å². The van der Waals surface area contributed by atoms with Crippen molar-refractivity contribution in [2.75, 3.05) is 24.6 Å². The molecule has 1 aliphatic rings. The van der Waals surface area contributed by atoms with Crippen LogP contribution in [0.1, 0.15) is 25.3 Å². The van der Waals surface area contributed by atoms with Crippen LogP contribution >= 0.6 is 11.6 Å². The Morgan fingerprint density at radius 2 is 2.50 bits per heavy atom. The lowest BCUT2D eigenvalue weighted by Crippen LogP contribution is -2.40. The normalized spacial score (nSPS) is 19.6. The SMILES string of the molecule is CCOC1CCCN(c2ncc(C#N)cc2Cl)C1. The molecule has 0 bridgehead atoms. The first-order chi connectivity index (χ1) is 8.74. The molecule has 0 aliphatic carbocycles. The number of piperidine rings is 1. The topological polar surface area (TPSA) is 49.1 Å². The third kappa shape index (κ3) is 2.92. The zero-order valence-electron chi connectivity index (χ0n) is 10.4. The van der Waals surface area contributed by atoms with Crippen LogP contribution in [0.4, 0.5) is 5.82 Å². The highest BCUT2D eigenvalue weighted by Gasteiger charge is 2.22. The second-order valence-electron chi connectivity index (χ2n) is 4.31. The molecule has 0 amide bonds. The van der Waals surface area contributed by atoms with Gasteiger partial charge in [-0.2, -0.15) is 5.26 Å². The standard InChI is InChI=1S/C13H16ClN3O/c1-2-18-11-4-3-5-17(9-11)13-12(14)6-10(7-15)8-16-13/h6,8,11H,2-5,9H2,1H3. The molecule has 1 atom stereocenters. The molecule has 1 unspecified atom stereocenters. The number of halogens is 1. The van der Waals surface area contributed by atoms with E-state index in [0.29, 0.717) is 10.6 Å². The first-order valence-corrected chi connectivity index (χ1v) is 6.54. The number of rotatable bonds is 3. The van der Waals surface area contributed by atoms with Gasteiger partial charge >= 0.3 is 0 Å². The lowest BCUT2D eigenvalue weighted by Gasteiger charge is -2.33. The van der Waals surface area contributed by atoms with Gasteiger partial charge in [-0.3, -0.25) is 0 Å². The Bertz CT molecular complexity index is 456. The lowest BCUT2D eigenvalue weighted by molar-refractivity contribution is 0.0525. The van der Waals surface area contributed by atoms with Crippen molar-refractivity contribution in [3.63, 3.8) is 0 Å². The Morgan fingerprint density at radius 3 is 3.17 bits per heavy atom. The molecule has 0 N–H and O–H groups in total. The van der Waals surface area contributed by atoms with Crippen molar-refractivity contribution in [3.05, 3.63) is 22.8 Å². The van der Waals surface area contributed by atoms with Crippen molar-refractivity contribution in [1.82, 2.24) is 4.98 Å². The third-order valence-corrected chi connectivity index (χ3v) is 3.31. The third-order valence-electron chi connectivity index (χ3n) is 3.03. The van der Waals surface area contributed by atoms with E-state index < -0.39 is 0 Å². The summed E-state index contributed by atoms with van der Waals surface area (Å²) in [4.78, 5) is 6.42. The molecule has 2 rings (SSSR count). The number of pyridine rings is 1. The van der Waals surface area contributed by atoms with E-state index in [-0.39, 0.29) is 6.10 Å². The molecule has 0 aromatic carbocycles. The molecular weight excluding hydrogens is 250 g/mol. The summed E-state index contributed by atoms with van der Waals surface area (Å²) in [7, 11) is 0. The van der Waals surface area contributed by atoms with E-state index in [1.54, 1.807) is 12.3 Å². The van der Waals surface area contributed by atoms with Crippen LogP contribution in [0.25, 0.3) is 0 Å². The molecule has 18 heavy (non-hydrogen) atoms. The summed E-state index contributed by atoms with van der Waals surface area (Å²) >= 11 is 6.17. The van der Waals surface area contributed by atoms with Crippen molar-refractivity contribution in [3.8, 4) is 6.07 Å². The minimum absolute atomic E-state index is 0.247. The van der Waals surface area contributed by atoms with Gasteiger partial charge < -0.3 is 9.64 Å². The maximum absolute atomic E-state index is 8.79. The molecule has 1 saturated heterocycles. The fourth-order valence-electron chi connectivity index (χ4n) is 2.23. The van der Waals surface area contributed by atoms with Crippen LogP contribution in [-0.2, 0) is 4.74 Å². The summed E-state index contributed by atoms with van der Waals surface area (Å²) in [6.07, 6.45) is 3.96. The maximum Gasteiger partial charge on any atom is 0.147 e. The fourth-order valence-corrected chi connectivity index (χ4v) is 2.51. The van der Waals surface area contributed by atoms with E-state index >= 15 is 0 Å². The fraction of sp³-hybridized carbons (Fsp3) is 0.538. The van der Waals surface area contributed by atoms with Gasteiger partial charge in [0.05, 0.1) is 16.7 Å². The van der Waals surface area contributed by atoms with E-state index in [0.717, 1.165) is 38.4 Å². The number of nitriles is 1. The minimum Gasteiger partial charge on any atom is -0.377 e. The molecule has 1 aromatic heterocycles. The van der Waals surface area contributed by atoms with E-state index in [1.807, 2.05) is 13.0 Å². The molecule has 96 valence electrons. The van der Waals surface area contributed by atoms with Crippen LogP contribution in [0, 0.1) is 11.3 Å². The highest BCUT2D eigenvalue weighted by atomic mass is 35.5. The van der Waals surface area contributed by atoms with Gasteiger partial charge in [0.2, 0.25) is 0 Å². The van der Waals surface area contributed by atoms with Crippen LogP contribution in [0.5, 0.6) is 0 Å². The summed E-state index contributed by atoms with van der Waals surface area (Å²) in [6.45, 7) is 4.48. The quantitative estimate of drug-likeness (QED) is 0.843. The molecule has 1 aromatic rings. The molecule has 0 radical (unpaired) electrons. The molecular formula is C13H16ClN3O. The zero-order valence-corrected chi connectivity index (χ0v) is 11.2. The number of hydrogen-bond donors (Lipinski definition) is 0. The minimum atomic E-state index is 0.247. The van der Waals surface area contributed by atoms with Gasteiger partial charge in [0, 0.05) is 25.9 Å². The zero-order chi connectivity index (χ0) is 13.0. The summed E-state index contributed by atoms with van der Waals surface area (Å²) in [5.41, 5.74) is 0.488. The summed E-state index contributed by atoms with van der Waals surface area (Å²) < 4.78 is 5.65. The Hall–Kier alpha value is -1.31. The number of nitrogens with zero attached hydrogens (tertiary/aromatic N) is 3. The Labute approximate surface area is 112 Å². The predicted molar refractivity (Wildman–Crippen MR) is 70.8 cm³/mol. The molecule has 0 saturated carbocycles. The first kappa shape index (κ1) is 13.1. The highest BCUT2D eigenvalue weighted by molar-refractivity contribution is 6.33. The number of anilines is 1. The molecule has 1 aliphatic heterocycles. The number of aromatic nitrogens is 1. The maximum atomic E-state index is 8.79. The van der Waals surface area contributed by atoms with E-state index in [4.69, 9.17) is 21.6 Å². The molecule has 1 fully saturated rings.